The van der Waals surface area contributed by atoms with E-state index in [1.165, 1.54) is 0 Å². The minimum Gasteiger partial charge on any atom is -0.265 e. The fraction of sp³-hybridized carbons (Fsp3) is 0. The van der Waals surface area contributed by atoms with Crippen LogP contribution >= 0.6 is 0 Å². The molecule has 0 aliphatic heterocycles. The van der Waals surface area contributed by atoms with Gasteiger partial charge in [-0.2, -0.15) is 0 Å². The molecular formula is C20H15N5. The maximum absolute atomic E-state index is 4.25. The molecule has 0 radical (unpaired) electrons. The van der Waals surface area contributed by atoms with Crippen LogP contribution in [0.15, 0.2) is 79.5 Å². The number of rotatable bonds is 4. The van der Waals surface area contributed by atoms with Gasteiger partial charge in [0.2, 0.25) is 0 Å². The average molecular weight is 325 g/mol. The second-order valence-corrected chi connectivity index (χ2v) is 5.49. The van der Waals surface area contributed by atoms with E-state index in [1.54, 1.807) is 29.5 Å². The molecule has 0 fully saturated rings. The first-order valence-corrected chi connectivity index (χ1v) is 7.90. The summed E-state index contributed by atoms with van der Waals surface area (Å²) in [6, 6.07) is 16.0. The molecule has 3 heterocycles. The van der Waals surface area contributed by atoms with E-state index in [1.807, 2.05) is 42.6 Å². The molecule has 5 heteroatoms. The number of pyridine rings is 2. The third-order valence-electron chi connectivity index (χ3n) is 3.80. The Morgan fingerprint density at radius 2 is 1.28 bits per heavy atom. The lowest BCUT2D eigenvalue weighted by molar-refractivity contribution is 0.802. The maximum atomic E-state index is 4.25. The minimum absolute atomic E-state index is 0.835. The van der Waals surface area contributed by atoms with Crippen LogP contribution in [0.25, 0.3) is 29.1 Å². The Labute approximate surface area is 145 Å². The molecule has 0 spiro atoms. The van der Waals surface area contributed by atoms with Crippen LogP contribution in [0.4, 0.5) is 0 Å². The first-order chi connectivity index (χ1) is 12.4. The summed E-state index contributed by atoms with van der Waals surface area (Å²) in [5, 5.41) is 8.43. The third kappa shape index (κ3) is 3.50. The summed E-state index contributed by atoms with van der Waals surface area (Å²) in [6.07, 6.45) is 13.1. The lowest BCUT2D eigenvalue weighted by Crippen LogP contribution is -1.94. The summed E-state index contributed by atoms with van der Waals surface area (Å²) >= 11 is 0. The Kier molecular flexibility index (Phi) is 4.12. The topological polar surface area (TPSA) is 56.5 Å². The summed E-state index contributed by atoms with van der Waals surface area (Å²) in [4.78, 5) is 8.03. The van der Waals surface area contributed by atoms with Gasteiger partial charge >= 0.3 is 0 Å². The normalized spacial score (nSPS) is 11.0. The summed E-state index contributed by atoms with van der Waals surface area (Å²) in [5.74, 6) is 0. The zero-order valence-corrected chi connectivity index (χ0v) is 13.4. The molecule has 0 amide bonds. The molecule has 0 unspecified atom stereocenters. The van der Waals surface area contributed by atoms with Gasteiger partial charge in [-0.05, 0) is 35.4 Å². The lowest BCUT2D eigenvalue weighted by Gasteiger charge is -1.99. The van der Waals surface area contributed by atoms with Crippen molar-refractivity contribution >= 4 is 12.2 Å². The van der Waals surface area contributed by atoms with E-state index in [4.69, 9.17) is 0 Å². The summed E-state index contributed by atoms with van der Waals surface area (Å²) in [6.45, 7) is 0. The minimum atomic E-state index is 0.835. The van der Waals surface area contributed by atoms with Gasteiger partial charge in [-0.1, -0.05) is 41.6 Å². The van der Waals surface area contributed by atoms with Crippen molar-refractivity contribution in [2.24, 2.45) is 0 Å². The van der Waals surface area contributed by atoms with Crippen LogP contribution in [-0.4, -0.2) is 25.0 Å². The highest BCUT2D eigenvalue weighted by molar-refractivity contribution is 5.71. The molecule has 4 aromatic rings. The molecule has 0 N–H and O–H groups in total. The van der Waals surface area contributed by atoms with E-state index in [2.05, 4.69) is 44.6 Å². The van der Waals surface area contributed by atoms with E-state index >= 15 is 0 Å². The Bertz CT molecular complexity index is 974. The molecule has 0 atom stereocenters. The second-order valence-electron chi connectivity index (χ2n) is 5.49. The van der Waals surface area contributed by atoms with E-state index < -0.39 is 0 Å². The molecule has 0 saturated carbocycles. The standard InChI is InChI=1S/C20H15N5/c1(2-17-7-11-21-12-8-17)16-3-5-18(6-4-16)20-15-25(24-23-20)19-9-13-22-14-10-19/h1-15H/b2-1+. The van der Waals surface area contributed by atoms with E-state index in [9.17, 15) is 0 Å². The molecule has 4 rings (SSSR count). The Morgan fingerprint density at radius 1 is 0.680 bits per heavy atom. The molecular weight excluding hydrogens is 310 g/mol. The van der Waals surface area contributed by atoms with Crippen LogP contribution in [0.5, 0.6) is 0 Å². The lowest BCUT2D eigenvalue weighted by atomic mass is 10.1. The van der Waals surface area contributed by atoms with Crippen LogP contribution in [-0.2, 0) is 0 Å². The Morgan fingerprint density at radius 3 is 1.96 bits per heavy atom. The van der Waals surface area contributed by atoms with Gasteiger partial charge in [0.15, 0.2) is 0 Å². The van der Waals surface area contributed by atoms with Crippen molar-refractivity contribution in [3.8, 4) is 16.9 Å². The van der Waals surface area contributed by atoms with Crippen molar-refractivity contribution in [2.75, 3.05) is 0 Å². The maximum Gasteiger partial charge on any atom is 0.113 e. The van der Waals surface area contributed by atoms with Crippen molar-refractivity contribution < 1.29 is 0 Å². The van der Waals surface area contributed by atoms with E-state index in [0.717, 1.165) is 28.1 Å². The first-order valence-electron chi connectivity index (χ1n) is 7.90. The summed E-state index contributed by atoms with van der Waals surface area (Å²) < 4.78 is 1.74. The molecule has 0 aliphatic carbocycles. The predicted octanol–water partition coefficient (Wildman–Crippen LogP) is 3.89. The number of nitrogens with zero attached hydrogens (tertiary/aromatic N) is 5. The molecule has 0 saturated heterocycles. The number of hydrogen-bond donors (Lipinski definition) is 0. The van der Waals surface area contributed by atoms with Crippen molar-refractivity contribution in [1.82, 2.24) is 25.0 Å². The van der Waals surface area contributed by atoms with Gasteiger partial charge in [0.05, 0.1) is 11.9 Å². The van der Waals surface area contributed by atoms with Gasteiger partial charge in [0.1, 0.15) is 5.69 Å². The molecule has 5 nitrogen and oxygen atoms in total. The van der Waals surface area contributed by atoms with Crippen molar-refractivity contribution in [3.05, 3.63) is 90.6 Å². The average Bonchev–Trinajstić information content (AvgIpc) is 3.19. The fourth-order valence-electron chi connectivity index (χ4n) is 2.45. The van der Waals surface area contributed by atoms with Gasteiger partial charge in [-0.25, -0.2) is 4.68 Å². The highest BCUT2D eigenvalue weighted by atomic mass is 15.4. The molecule has 120 valence electrons. The SMILES string of the molecule is C(=C\c1ccc(-c2cn(-c3ccncc3)nn2)cc1)/c1ccncc1. The monoisotopic (exact) mass is 325 g/mol. The largest absolute Gasteiger partial charge is 0.265 e. The van der Waals surface area contributed by atoms with E-state index in [0.29, 0.717) is 0 Å². The van der Waals surface area contributed by atoms with Crippen LogP contribution in [0.1, 0.15) is 11.1 Å². The molecule has 0 aliphatic rings. The van der Waals surface area contributed by atoms with Gasteiger partial charge in [-0.3, -0.25) is 9.97 Å². The smallest absolute Gasteiger partial charge is 0.113 e. The quantitative estimate of drug-likeness (QED) is 0.571. The van der Waals surface area contributed by atoms with Gasteiger partial charge in [0.25, 0.3) is 0 Å². The molecule has 3 aromatic heterocycles. The highest BCUT2D eigenvalue weighted by Gasteiger charge is 2.05. The Hall–Kier alpha value is -3.60. The zero-order chi connectivity index (χ0) is 16.9. The van der Waals surface area contributed by atoms with Gasteiger partial charge < -0.3 is 0 Å². The summed E-state index contributed by atoms with van der Waals surface area (Å²) in [7, 11) is 0. The van der Waals surface area contributed by atoms with Gasteiger partial charge in [-0.15, -0.1) is 5.10 Å². The second kappa shape index (κ2) is 6.88. The van der Waals surface area contributed by atoms with Crippen LogP contribution in [0.2, 0.25) is 0 Å². The fourth-order valence-corrected chi connectivity index (χ4v) is 2.45. The van der Waals surface area contributed by atoms with Crippen LogP contribution in [0.3, 0.4) is 0 Å². The van der Waals surface area contributed by atoms with Crippen molar-refractivity contribution in [1.29, 1.82) is 0 Å². The number of hydrogen-bond acceptors (Lipinski definition) is 4. The molecule has 1 aromatic carbocycles. The Balaban J connectivity index is 1.53. The third-order valence-corrected chi connectivity index (χ3v) is 3.80. The number of benzene rings is 1. The predicted molar refractivity (Wildman–Crippen MR) is 97.8 cm³/mol. The van der Waals surface area contributed by atoms with Crippen molar-refractivity contribution in [2.45, 2.75) is 0 Å². The molecule has 0 bridgehead atoms. The number of aromatic nitrogens is 5. The van der Waals surface area contributed by atoms with E-state index in [-0.39, 0.29) is 0 Å². The van der Waals surface area contributed by atoms with Gasteiger partial charge in [0, 0.05) is 30.4 Å². The van der Waals surface area contributed by atoms with Crippen LogP contribution in [0, 0.1) is 0 Å². The molecule has 25 heavy (non-hydrogen) atoms. The van der Waals surface area contributed by atoms with Crippen LogP contribution < -0.4 is 0 Å². The highest BCUT2D eigenvalue weighted by Crippen LogP contribution is 2.19. The summed E-state index contributed by atoms with van der Waals surface area (Å²) in [5.41, 5.74) is 5.05. The van der Waals surface area contributed by atoms with Crippen molar-refractivity contribution in [3.63, 3.8) is 0 Å². The zero-order valence-electron chi connectivity index (χ0n) is 13.4. The first kappa shape index (κ1) is 15.0.